The Labute approximate surface area is 170 Å². The highest BCUT2D eigenvalue weighted by molar-refractivity contribution is 5.78. The molecule has 0 aliphatic carbocycles. The molecule has 0 saturated carbocycles. The van der Waals surface area contributed by atoms with Crippen LogP contribution in [0.15, 0.2) is 60.9 Å². The number of benzene rings is 2. The molecule has 1 amide bonds. The number of nitrogens with one attached hydrogen (secondary N) is 1. The standard InChI is InChI=1S/C24H26FN3O/c1-4-17(15-22(29)27-16(2)3)24(18-9-11-19(25)12-10-18)21-8-6-5-7-20(21)23-26-13-14-28(23)24/h5-14,16-17H,4,15H2,1-3H3,(H,27,29). The molecule has 5 heteroatoms. The van der Waals surface area contributed by atoms with Gasteiger partial charge in [-0.15, -0.1) is 0 Å². The van der Waals surface area contributed by atoms with Crippen LogP contribution >= 0.6 is 0 Å². The molecule has 0 radical (unpaired) electrons. The fraction of sp³-hybridized carbons (Fsp3) is 0.333. The lowest BCUT2D eigenvalue weighted by Gasteiger charge is -2.40. The first-order chi connectivity index (χ1) is 14.0. The minimum absolute atomic E-state index is 0.0247. The van der Waals surface area contributed by atoms with Gasteiger partial charge in [0.05, 0.1) is 0 Å². The molecule has 29 heavy (non-hydrogen) atoms. The third-order valence-corrected chi connectivity index (χ3v) is 5.85. The quantitative estimate of drug-likeness (QED) is 0.660. The lowest BCUT2D eigenvalue weighted by molar-refractivity contribution is -0.123. The minimum Gasteiger partial charge on any atom is -0.354 e. The highest BCUT2D eigenvalue weighted by Crippen LogP contribution is 2.52. The van der Waals surface area contributed by atoms with Gasteiger partial charge >= 0.3 is 0 Å². The molecular formula is C24H26FN3O. The molecule has 2 atom stereocenters. The maximum absolute atomic E-state index is 13.8. The lowest BCUT2D eigenvalue weighted by atomic mass is 9.70. The van der Waals surface area contributed by atoms with Crippen molar-refractivity contribution < 1.29 is 9.18 Å². The van der Waals surface area contributed by atoms with Gasteiger partial charge in [-0.3, -0.25) is 4.79 Å². The number of imidazole rings is 1. The molecule has 2 aromatic carbocycles. The summed E-state index contributed by atoms with van der Waals surface area (Å²) >= 11 is 0. The van der Waals surface area contributed by atoms with Crippen molar-refractivity contribution in [3.05, 3.63) is 77.9 Å². The number of hydrogen-bond donors (Lipinski definition) is 1. The number of halogens is 1. The van der Waals surface area contributed by atoms with Gasteiger partial charge in [0, 0.05) is 30.4 Å². The Balaban J connectivity index is 1.95. The van der Waals surface area contributed by atoms with Crippen molar-refractivity contribution in [3.63, 3.8) is 0 Å². The summed E-state index contributed by atoms with van der Waals surface area (Å²) in [6.07, 6.45) is 4.93. The van der Waals surface area contributed by atoms with Crippen LogP contribution in [0.1, 0.15) is 44.7 Å². The number of carbonyl (C=O) groups excluding carboxylic acids is 1. The van der Waals surface area contributed by atoms with E-state index in [9.17, 15) is 9.18 Å². The van der Waals surface area contributed by atoms with Crippen molar-refractivity contribution in [2.45, 2.75) is 45.2 Å². The van der Waals surface area contributed by atoms with Gasteiger partial charge in [0.2, 0.25) is 5.91 Å². The molecule has 2 heterocycles. The summed E-state index contributed by atoms with van der Waals surface area (Å²) in [5.41, 5.74) is 2.52. The molecule has 1 aliphatic heterocycles. The fourth-order valence-electron chi connectivity index (χ4n) is 4.77. The van der Waals surface area contributed by atoms with Crippen molar-refractivity contribution in [2.24, 2.45) is 5.92 Å². The van der Waals surface area contributed by atoms with Crippen LogP contribution in [-0.4, -0.2) is 21.5 Å². The van der Waals surface area contributed by atoms with Gasteiger partial charge in [-0.25, -0.2) is 9.37 Å². The number of nitrogens with zero attached hydrogens (tertiary/aromatic N) is 2. The number of rotatable bonds is 6. The van der Waals surface area contributed by atoms with E-state index in [0.717, 1.165) is 28.9 Å². The van der Waals surface area contributed by atoms with Crippen molar-refractivity contribution in [1.29, 1.82) is 0 Å². The molecule has 4 rings (SSSR count). The van der Waals surface area contributed by atoms with E-state index in [-0.39, 0.29) is 23.7 Å². The summed E-state index contributed by atoms with van der Waals surface area (Å²) < 4.78 is 16.0. The van der Waals surface area contributed by atoms with Crippen molar-refractivity contribution in [3.8, 4) is 11.4 Å². The van der Waals surface area contributed by atoms with E-state index in [1.165, 1.54) is 12.1 Å². The summed E-state index contributed by atoms with van der Waals surface area (Å²) in [4.78, 5) is 17.4. The van der Waals surface area contributed by atoms with Crippen molar-refractivity contribution >= 4 is 5.91 Å². The summed E-state index contributed by atoms with van der Waals surface area (Å²) in [7, 11) is 0. The number of aromatic nitrogens is 2. The number of hydrogen-bond acceptors (Lipinski definition) is 2. The molecule has 0 bridgehead atoms. The van der Waals surface area contributed by atoms with Crippen LogP contribution in [0.3, 0.4) is 0 Å². The van der Waals surface area contributed by atoms with Gasteiger partial charge in [0.1, 0.15) is 17.2 Å². The van der Waals surface area contributed by atoms with E-state index >= 15 is 0 Å². The predicted molar refractivity (Wildman–Crippen MR) is 112 cm³/mol. The Morgan fingerprint density at radius 2 is 1.90 bits per heavy atom. The number of amides is 1. The van der Waals surface area contributed by atoms with Crippen molar-refractivity contribution in [2.75, 3.05) is 0 Å². The average Bonchev–Trinajstić information content (AvgIpc) is 3.27. The van der Waals surface area contributed by atoms with Crippen LogP contribution in [0, 0.1) is 11.7 Å². The Kier molecular flexibility index (Phi) is 4.99. The van der Waals surface area contributed by atoms with E-state index in [0.29, 0.717) is 6.42 Å². The summed E-state index contributed by atoms with van der Waals surface area (Å²) in [5, 5.41) is 3.03. The molecule has 3 aromatic rings. The molecule has 1 aliphatic rings. The molecule has 0 spiro atoms. The molecule has 1 aromatic heterocycles. The first kappa shape index (κ1) is 19.4. The average molecular weight is 391 g/mol. The maximum atomic E-state index is 13.8. The predicted octanol–water partition coefficient (Wildman–Crippen LogP) is 4.74. The second kappa shape index (κ2) is 7.47. The largest absolute Gasteiger partial charge is 0.354 e. The molecule has 150 valence electrons. The van der Waals surface area contributed by atoms with Gasteiger partial charge in [0.15, 0.2) is 0 Å². The lowest BCUT2D eigenvalue weighted by Crippen LogP contribution is -2.44. The van der Waals surface area contributed by atoms with E-state index in [1.54, 1.807) is 6.20 Å². The zero-order valence-corrected chi connectivity index (χ0v) is 17.0. The van der Waals surface area contributed by atoms with Gasteiger partial charge in [-0.1, -0.05) is 43.3 Å². The van der Waals surface area contributed by atoms with Crippen LogP contribution in [0.5, 0.6) is 0 Å². The fourth-order valence-corrected chi connectivity index (χ4v) is 4.77. The minimum atomic E-state index is -0.612. The Morgan fingerprint density at radius 1 is 1.17 bits per heavy atom. The first-order valence-electron chi connectivity index (χ1n) is 10.2. The van der Waals surface area contributed by atoms with E-state index in [1.807, 2.05) is 44.3 Å². The second-order valence-electron chi connectivity index (χ2n) is 7.97. The number of fused-ring (bicyclic) bond motifs is 3. The molecule has 1 N–H and O–H groups in total. The smallest absolute Gasteiger partial charge is 0.220 e. The Hall–Kier alpha value is -2.95. The Bertz CT molecular complexity index is 1020. The highest BCUT2D eigenvalue weighted by atomic mass is 19.1. The van der Waals surface area contributed by atoms with Gasteiger partial charge in [-0.2, -0.15) is 0 Å². The Morgan fingerprint density at radius 3 is 2.59 bits per heavy atom. The third kappa shape index (κ3) is 3.05. The number of carbonyl (C=O) groups is 1. The van der Waals surface area contributed by atoms with E-state index < -0.39 is 5.54 Å². The zero-order chi connectivity index (χ0) is 20.6. The van der Waals surface area contributed by atoms with Gasteiger partial charge in [0.25, 0.3) is 0 Å². The topological polar surface area (TPSA) is 46.9 Å². The molecule has 2 unspecified atom stereocenters. The monoisotopic (exact) mass is 391 g/mol. The maximum Gasteiger partial charge on any atom is 0.220 e. The summed E-state index contributed by atoms with van der Waals surface area (Å²) in [5.74, 6) is 0.613. The third-order valence-electron chi connectivity index (χ3n) is 5.85. The first-order valence-corrected chi connectivity index (χ1v) is 10.2. The van der Waals surface area contributed by atoms with Crippen molar-refractivity contribution in [1.82, 2.24) is 14.9 Å². The van der Waals surface area contributed by atoms with Crippen LogP contribution in [0.25, 0.3) is 11.4 Å². The van der Waals surface area contributed by atoms with Crippen LogP contribution in [-0.2, 0) is 10.3 Å². The van der Waals surface area contributed by atoms with Gasteiger partial charge < -0.3 is 9.88 Å². The second-order valence-corrected chi connectivity index (χ2v) is 7.97. The van der Waals surface area contributed by atoms with Crippen LogP contribution < -0.4 is 5.32 Å². The summed E-state index contributed by atoms with van der Waals surface area (Å²) in [6.45, 7) is 6.04. The molecule has 4 nitrogen and oxygen atoms in total. The summed E-state index contributed by atoms with van der Waals surface area (Å²) in [6, 6.07) is 15.0. The van der Waals surface area contributed by atoms with E-state index in [4.69, 9.17) is 0 Å². The van der Waals surface area contributed by atoms with Crippen LogP contribution in [0.2, 0.25) is 0 Å². The zero-order valence-electron chi connectivity index (χ0n) is 17.0. The van der Waals surface area contributed by atoms with Crippen LogP contribution in [0.4, 0.5) is 4.39 Å². The molecule has 0 fully saturated rings. The molecule has 0 saturated heterocycles. The SMILES string of the molecule is CCC(CC(=O)NC(C)C)C1(c2ccc(F)cc2)c2ccccc2-c2nccn21. The van der Waals surface area contributed by atoms with Gasteiger partial charge in [-0.05, 0) is 49.4 Å². The van der Waals surface area contributed by atoms with E-state index in [2.05, 4.69) is 33.9 Å². The highest BCUT2D eigenvalue weighted by Gasteiger charge is 2.50. The normalized spacial score (nSPS) is 18.4. The molecular weight excluding hydrogens is 365 g/mol.